The molecule has 3 atom stereocenters. The van der Waals surface area contributed by atoms with Crippen molar-refractivity contribution in [2.45, 2.75) is 83.8 Å². The molecule has 1 N–H and O–H groups in total. The van der Waals surface area contributed by atoms with E-state index in [1.165, 1.54) is 58.0 Å². The summed E-state index contributed by atoms with van der Waals surface area (Å²) in [6, 6.07) is 2.51. The fraction of sp³-hybridized carbons (Fsp3) is 1.00. The summed E-state index contributed by atoms with van der Waals surface area (Å²) in [6.07, 6.45) is 9.75. The Morgan fingerprint density at radius 1 is 1.28 bits per heavy atom. The van der Waals surface area contributed by atoms with E-state index >= 15 is 0 Å². The fourth-order valence-electron chi connectivity index (χ4n) is 3.40. The van der Waals surface area contributed by atoms with Crippen molar-refractivity contribution in [1.82, 2.24) is 10.2 Å². The molecule has 2 aliphatic rings. The van der Waals surface area contributed by atoms with Gasteiger partial charge in [-0.2, -0.15) is 0 Å². The summed E-state index contributed by atoms with van der Waals surface area (Å²) in [4.78, 5) is 2.74. The average Bonchev–Trinajstić information content (AvgIpc) is 3.14. The molecule has 3 unspecified atom stereocenters. The highest BCUT2D eigenvalue weighted by Gasteiger charge is 2.38. The quantitative estimate of drug-likeness (QED) is 0.712. The SMILES string of the molecule is CCCCC(CC)CNC1CC(C)N(C2CC2)C1. The summed E-state index contributed by atoms with van der Waals surface area (Å²) >= 11 is 0. The lowest BCUT2D eigenvalue weighted by atomic mass is 9.99. The second-order valence-electron chi connectivity index (χ2n) is 6.53. The Bertz CT molecular complexity index is 237. The summed E-state index contributed by atoms with van der Waals surface area (Å²) in [6.45, 7) is 9.60. The Labute approximate surface area is 114 Å². The summed E-state index contributed by atoms with van der Waals surface area (Å²) < 4.78 is 0. The van der Waals surface area contributed by atoms with Crippen molar-refractivity contribution in [3.63, 3.8) is 0 Å². The molecule has 1 saturated heterocycles. The summed E-state index contributed by atoms with van der Waals surface area (Å²) in [7, 11) is 0. The Hall–Kier alpha value is -0.0800. The van der Waals surface area contributed by atoms with E-state index < -0.39 is 0 Å². The van der Waals surface area contributed by atoms with E-state index in [2.05, 4.69) is 31.0 Å². The molecule has 0 bridgehead atoms. The van der Waals surface area contributed by atoms with Gasteiger partial charge in [-0.15, -0.1) is 0 Å². The van der Waals surface area contributed by atoms with Crippen LogP contribution in [0, 0.1) is 5.92 Å². The van der Waals surface area contributed by atoms with Gasteiger partial charge in [0.15, 0.2) is 0 Å². The number of nitrogens with zero attached hydrogens (tertiary/aromatic N) is 1. The van der Waals surface area contributed by atoms with Gasteiger partial charge < -0.3 is 5.32 Å². The highest BCUT2D eigenvalue weighted by atomic mass is 15.3. The zero-order chi connectivity index (χ0) is 13.0. The molecule has 0 aromatic carbocycles. The van der Waals surface area contributed by atoms with Crippen molar-refractivity contribution >= 4 is 0 Å². The maximum Gasteiger partial charge on any atom is 0.0210 e. The van der Waals surface area contributed by atoms with E-state index in [-0.39, 0.29) is 0 Å². The molecule has 0 spiro atoms. The molecule has 1 heterocycles. The molecule has 2 fully saturated rings. The normalized spacial score (nSPS) is 30.8. The Balaban J connectivity index is 1.66. The van der Waals surface area contributed by atoms with Gasteiger partial charge in [-0.05, 0) is 45.1 Å². The van der Waals surface area contributed by atoms with Crippen LogP contribution in [-0.4, -0.2) is 36.1 Å². The maximum atomic E-state index is 3.84. The number of hydrogen-bond donors (Lipinski definition) is 1. The number of nitrogens with one attached hydrogen (secondary N) is 1. The molecule has 2 heteroatoms. The first-order valence-electron chi connectivity index (χ1n) is 8.23. The summed E-state index contributed by atoms with van der Waals surface area (Å²) in [5.41, 5.74) is 0. The third-order valence-corrected chi connectivity index (χ3v) is 4.88. The molecule has 1 aliphatic carbocycles. The van der Waals surface area contributed by atoms with Crippen molar-refractivity contribution in [3.8, 4) is 0 Å². The van der Waals surface area contributed by atoms with Crippen molar-refractivity contribution in [2.24, 2.45) is 5.92 Å². The van der Waals surface area contributed by atoms with Gasteiger partial charge in [-0.25, -0.2) is 0 Å². The van der Waals surface area contributed by atoms with Crippen LogP contribution < -0.4 is 5.32 Å². The van der Waals surface area contributed by atoms with Crippen LogP contribution in [0.4, 0.5) is 0 Å². The van der Waals surface area contributed by atoms with Gasteiger partial charge in [0, 0.05) is 24.7 Å². The fourth-order valence-corrected chi connectivity index (χ4v) is 3.40. The molecule has 106 valence electrons. The summed E-state index contributed by atoms with van der Waals surface area (Å²) in [5, 5.41) is 3.84. The number of rotatable bonds is 8. The van der Waals surface area contributed by atoms with Gasteiger partial charge >= 0.3 is 0 Å². The van der Waals surface area contributed by atoms with E-state index in [9.17, 15) is 0 Å². The van der Waals surface area contributed by atoms with Gasteiger partial charge in [0.05, 0.1) is 0 Å². The molecular formula is C16H32N2. The zero-order valence-electron chi connectivity index (χ0n) is 12.6. The molecule has 0 amide bonds. The minimum atomic E-state index is 0.760. The van der Waals surface area contributed by atoms with Crippen molar-refractivity contribution in [2.75, 3.05) is 13.1 Å². The molecule has 1 aliphatic heterocycles. The third-order valence-electron chi connectivity index (χ3n) is 4.88. The van der Waals surface area contributed by atoms with Crippen LogP contribution in [0.2, 0.25) is 0 Å². The van der Waals surface area contributed by atoms with E-state index in [0.29, 0.717) is 0 Å². The number of unbranched alkanes of at least 4 members (excludes halogenated alkanes) is 1. The Morgan fingerprint density at radius 3 is 2.67 bits per heavy atom. The molecule has 2 nitrogen and oxygen atoms in total. The molecular weight excluding hydrogens is 220 g/mol. The lowest BCUT2D eigenvalue weighted by Crippen LogP contribution is -2.36. The van der Waals surface area contributed by atoms with Crippen LogP contribution in [0.25, 0.3) is 0 Å². The Kier molecular flexibility index (Phi) is 5.50. The standard InChI is InChI=1S/C16H32N2/c1-4-6-7-14(5-2)11-17-15-10-13(3)18(12-15)16-8-9-16/h13-17H,4-12H2,1-3H3. The second kappa shape index (κ2) is 6.91. The van der Waals surface area contributed by atoms with Gasteiger partial charge in [0.2, 0.25) is 0 Å². The van der Waals surface area contributed by atoms with Crippen molar-refractivity contribution in [3.05, 3.63) is 0 Å². The van der Waals surface area contributed by atoms with Gasteiger partial charge in [0.25, 0.3) is 0 Å². The van der Waals surface area contributed by atoms with Crippen molar-refractivity contribution < 1.29 is 0 Å². The predicted molar refractivity (Wildman–Crippen MR) is 78.9 cm³/mol. The molecule has 0 radical (unpaired) electrons. The first-order valence-corrected chi connectivity index (χ1v) is 8.23. The highest BCUT2D eigenvalue weighted by molar-refractivity contribution is 4.96. The monoisotopic (exact) mass is 252 g/mol. The average molecular weight is 252 g/mol. The third kappa shape index (κ3) is 3.96. The van der Waals surface area contributed by atoms with E-state index in [1.807, 2.05) is 0 Å². The first-order chi connectivity index (χ1) is 8.74. The van der Waals surface area contributed by atoms with E-state index in [4.69, 9.17) is 0 Å². The highest BCUT2D eigenvalue weighted by Crippen LogP contribution is 2.33. The van der Waals surface area contributed by atoms with E-state index in [0.717, 1.165) is 24.0 Å². The van der Waals surface area contributed by atoms with Crippen LogP contribution in [0.5, 0.6) is 0 Å². The van der Waals surface area contributed by atoms with Crippen LogP contribution >= 0.6 is 0 Å². The summed E-state index contributed by atoms with van der Waals surface area (Å²) in [5.74, 6) is 0.898. The lowest BCUT2D eigenvalue weighted by molar-refractivity contribution is 0.254. The van der Waals surface area contributed by atoms with Crippen LogP contribution in [0.3, 0.4) is 0 Å². The van der Waals surface area contributed by atoms with Gasteiger partial charge in [-0.3, -0.25) is 4.90 Å². The van der Waals surface area contributed by atoms with Crippen LogP contribution in [-0.2, 0) is 0 Å². The molecule has 1 saturated carbocycles. The predicted octanol–water partition coefficient (Wildman–Crippen LogP) is 3.42. The van der Waals surface area contributed by atoms with E-state index in [1.54, 1.807) is 0 Å². The molecule has 0 aromatic rings. The topological polar surface area (TPSA) is 15.3 Å². The Morgan fingerprint density at radius 2 is 2.06 bits per heavy atom. The molecule has 18 heavy (non-hydrogen) atoms. The number of hydrogen-bond acceptors (Lipinski definition) is 2. The largest absolute Gasteiger partial charge is 0.312 e. The smallest absolute Gasteiger partial charge is 0.0210 e. The maximum absolute atomic E-state index is 3.84. The number of likely N-dealkylation sites (tertiary alicyclic amines) is 1. The van der Waals surface area contributed by atoms with Crippen molar-refractivity contribution in [1.29, 1.82) is 0 Å². The minimum Gasteiger partial charge on any atom is -0.312 e. The van der Waals surface area contributed by atoms with Gasteiger partial charge in [-0.1, -0.05) is 33.1 Å². The van der Waals surface area contributed by atoms with Gasteiger partial charge in [0.1, 0.15) is 0 Å². The van der Waals surface area contributed by atoms with Crippen LogP contribution in [0.1, 0.15) is 65.7 Å². The molecule has 2 rings (SSSR count). The minimum absolute atomic E-state index is 0.760. The zero-order valence-corrected chi connectivity index (χ0v) is 12.6. The first kappa shape index (κ1) is 14.3. The molecule has 0 aromatic heterocycles. The second-order valence-corrected chi connectivity index (χ2v) is 6.53. The lowest BCUT2D eigenvalue weighted by Gasteiger charge is -2.21. The van der Waals surface area contributed by atoms with Crippen LogP contribution in [0.15, 0.2) is 0 Å².